The Bertz CT molecular complexity index is 185. The lowest BCUT2D eigenvalue weighted by atomic mass is 10.3. The minimum absolute atomic E-state index is 0.432. The molecule has 0 fully saturated rings. The van der Waals surface area contributed by atoms with Crippen LogP contribution in [0.1, 0.15) is 13.8 Å². The van der Waals surface area contributed by atoms with Crippen molar-refractivity contribution in [1.29, 1.82) is 0 Å². The van der Waals surface area contributed by atoms with Crippen LogP contribution in [0.3, 0.4) is 0 Å². The third-order valence-electron chi connectivity index (χ3n) is 0.888. The van der Waals surface area contributed by atoms with Gasteiger partial charge in [0.2, 0.25) is 0 Å². The van der Waals surface area contributed by atoms with Crippen LogP contribution < -0.4 is 0 Å². The molecule has 0 aromatic heterocycles. The lowest BCUT2D eigenvalue weighted by Gasteiger charge is -1.90. The van der Waals surface area contributed by atoms with Gasteiger partial charge in [-0.25, -0.2) is 4.39 Å². The van der Waals surface area contributed by atoms with Crippen LogP contribution >= 0.6 is 15.9 Å². The van der Waals surface area contributed by atoms with Gasteiger partial charge >= 0.3 is 0 Å². The maximum absolute atomic E-state index is 12.0. The molecule has 2 heteroatoms. The fourth-order valence-electron chi connectivity index (χ4n) is 0.330. The summed E-state index contributed by atoms with van der Waals surface area (Å²) >= 11 is 3.26. The number of rotatable bonds is 2. The fourth-order valence-corrected chi connectivity index (χ4v) is 0.462. The molecule has 0 aliphatic rings. The van der Waals surface area contributed by atoms with Crippen LogP contribution in [-0.4, -0.2) is 0 Å². The number of halogens is 2. The van der Waals surface area contributed by atoms with E-state index in [1.807, 2.05) is 13.8 Å². The van der Waals surface area contributed by atoms with Crippen molar-refractivity contribution in [2.75, 3.05) is 0 Å². The first-order valence-electron chi connectivity index (χ1n) is 2.89. The predicted octanol–water partition coefficient (Wildman–Crippen LogP) is 3.71. The van der Waals surface area contributed by atoms with Crippen LogP contribution in [0.25, 0.3) is 0 Å². The van der Waals surface area contributed by atoms with Gasteiger partial charge in [0.1, 0.15) is 5.83 Å². The van der Waals surface area contributed by atoms with Crippen LogP contribution in [-0.2, 0) is 0 Å². The first-order valence-corrected chi connectivity index (χ1v) is 3.69. The van der Waals surface area contributed by atoms with Crippen molar-refractivity contribution in [3.63, 3.8) is 0 Å². The zero-order valence-electron chi connectivity index (χ0n) is 6.12. The van der Waals surface area contributed by atoms with Gasteiger partial charge in [-0.1, -0.05) is 28.1 Å². The summed E-state index contributed by atoms with van der Waals surface area (Å²) in [6.07, 6.45) is 2.95. The van der Waals surface area contributed by atoms with E-state index in [9.17, 15) is 4.39 Å². The van der Waals surface area contributed by atoms with Gasteiger partial charge in [-0.3, -0.25) is 0 Å². The molecule has 0 aliphatic carbocycles. The number of hydrogen-bond donors (Lipinski definition) is 0. The Morgan fingerprint density at radius 1 is 1.40 bits per heavy atom. The predicted molar refractivity (Wildman–Crippen MR) is 46.7 cm³/mol. The van der Waals surface area contributed by atoms with Crippen molar-refractivity contribution < 1.29 is 4.39 Å². The minimum Gasteiger partial charge on any atom is -0.208 e. The second-order valence-corrected chi connectivity index (χ2v) is 2.98. The molecule has 0 aromatic carbocycles. The van der Waals surface area contributed by atoms with Gasteiger partial charge in [0, 0.05) is 4.48 Å². The molecule has 0 saturated heterocycles. The molecular formula is C8H10BrF. The van der Waals surface area contributed by atoms with Gasteiger partial charge in [-0.2, -0.15) is 0 Å². The van der Waals surface area contributed by atoms with Gasteiger partial charge in [0.05, 0.1) is 0 Å². The second kappa shape index (κ2) is 4.45. The first kappa shape index (κ1) is 9.63. The molecular weight excluding hydrogens is 195 g/mol. The Hall–Kier alpha value is -0.370. The van der Waals surface area contributed by atoms with E-state index in [-0.39, 0.29) is 0 Å². The molecule has 0 atom stereocenters. The van der Waals surface area contributed by atoms with Gasteiger partial charge in [-0.15, -0.1) is 0 Å². The topological polar surface area (TPSA) is 0 Å². The van der Waals surface area contributed by atoms with E-state index < -0.39 is 5.83 Å². The summed E-state index contributed by atoms with van der Waals surface area (Å²) in [5.74, 6) is -0.432. The van der Waals surface area contributed by atoms with Crippen molar-refractivity contribution in [3.8, 4) is 0 Å². The molecule has 0 spiro atoms. The highest BCUT2D eigenvalue weighted by atomic mass is 79.9. The molecule has 0 nitrogen and oxygen atoms in total. The Labute approximate surface area is 69.3 Å². The maximum Gasteiger partial charge on any atom is 0.116 e. The average molecular weight is 205 g/mol. The molecule has 0 radical (unpaired) electrons. The third-order valence-corrected chi connectivity index (χ3v) is 1.95. The molecule has 0 N–H and O–H groups in total. The average Bonchev–Trinajstić information content (AvgIpc) is 1.82. The molecule has 0 heterocycles. The van der Waals surface area contributed by atoms with Crippen LogP contribution in [0.5, 0.6) is 0 Å². The fraction of sp³-hybridized carbons (Fsp3) is 0.250. The van der Waals surface area contributed by atoms with E-state index in [0.29, 0.717) is 0 Å². The highest BCUT2D eigenvalue weighted by molar-refractivity contribution is 9.11. The molecule has 0 unspecified atom stereocenters. The van der Waals surface area contributed by atoms with E-state index in [0.717, 1.165) is 10.1 Å². The Kier molecular flexibility index (Phi) is 4.28. The van der Waals surface area contributed by atoms with Crippen molar-refractivity contribution in [2.45, 2.75) is 13.8 Å². The summed E-state index contributed by atoms with van der Waals surface area (Å²) in [6, 6.07) is 0. The van der Waals surface area contributed by atoms with Crippen molar-refractivity contribution in [1.82, 2.24) is 0 Å². The van der Waals surface area contributed by atoms with Crippen molar-refractivity contribution in [3.05, 3.63) is 34.6 Å². The van der Waals surface area contributed by atoms with E-state index in [1.165, 1.54) is 6.08 Å². The molecule has 0 saturated carbocycles. The quantitative estimate of drug-likeness (QED) is 0.602. The first-order chi connectivity index (χ1) is 4.54. The van der Waals surface area contributed by atoms with Crippen LogP contribution in [0.4, 0.5) is 4.39 Å². The lowest BCUT2D eigenvalue weighted by molar-refractivity contribution is 0.671. The van der Waals surface area contributed by atoms with Gasteiger partial charge < -0.3 is 0 Å². The van der Waals surface area contributed by atoms with E-state index in [2.05, 4.69) is 22.5 Å². The molecule has 0 bridgehead atoms. The highest BCUT2D eigenvalue weighted by Crippen LogP contribution is 2.13. The minimum atomic E-state index is -0.432. The van der Waals surface area contributed by atoms with Gasteiger partial charge in [0.15, 0.2) is 0 Å². The van der Waals surface area contributed by atoms with E-state index >= 15 is 0 Å². The Balaban J connectivity index is 4.16. The summed E-state index contributed by atoms with van der Waals surface area (Å²) in [5.41, 5.74) is 1.11. The summed E-state index contributed by atoms with van der Waals surface area (Å²) in [4.78, 5) is 0. The van der Waals surface area contributed by atoms with Gasteiger partial charge in [0.25, 0.3) is 0 Å². The van der Waals surface area contributed by atoms with E-state index in [4.69, 9.17) is 0 Å². The standard InChI is InChI=1S/C8H10BrF/c1-6(2)8(9)5-4-7(3)10/h4-5H,3H2,1-2H3/b5-4-. The normalized spacial score (nSPS) is 10.0. The van der Waals surface area contributed by atoms with Gasteiger partial charge in [-0.05, 0) is 26.0 Å². The van der Waals surface area contributed by atoms with Crippen molar-refractivity contribution >= 4 is 15.9 Å². The number of allylic oxidation sites excluding steroid dienone is 5. The Morgan fingerprint density at radius 3 is 2.20 bits per heavy atom. The summed E-state index contributed by atoms with van der Waals surface area (Å²) in [5, 5.41) is 0. The second-order valence-electron chi connectivity index (χ2n) is 2.13. The molecule has 0 aliphatic heterocycles. The monoisotopic (exact) mass is 204 g/mol. The van der Waals surface area contributed by atoms with E-state index in [1.54, 1.807) is 6.08 Å². The smallest absolute Gasteiger partial charge is 0.116 e. The molecule has 56 valence electrons. The number of hydrogen-bond acceptors (Lipinski definition) is 0. The van der Waals surface area contributed by atoms with Crippen LogP contribution in [0, 0.1) is 0 Å². The molecule has 10 heavy (non-hydrogen) atoms. The molecule has 0 amide bonds. The molecule has 0 aromatic rings. The third kappa shape index (κ3) is 4.50. The maximum atomic E-state index is 12.0. The lowest BCUT2D eigenvalue weighted by Crippen LogP contribution is -1.68. The molecule has 0 rings (SSSR count). The summed E-state index contributed by atoms with van der Waals surface area (Å²) in [6.45, 7) is 6.97. The Morgan fingerprint density at radius 2 is 1.90 bits per heavy atom. The van der Waals surface area contributed by atoms with Crippen LogP contribution in [0.15, 0.2) is 34.6 Å². The summed E-state index contributed by atoms with van der Waals surface area (Å²) < 4.78 is 12.9. The van der Waals surface area contributed by atoms with Crippen LogP contribution in [0.2, 0.25) is 0 Å². The summed E-state index contributed by atoms with van der Waals surface area (Å²) in [7, 11) is 0. The highest BCUT2D eigenvalue weighted by Gasteiger charge is 1.87. The van der Waals surface area contributed by atoms with Crippen molar-refractivity contribution in [2.24, 2.45) is 0 Å². The zero-order chi connectivity index (χ0) is 8.15. The SMILES string of the molecule is C=C(F)/C=C\C(Br)=C(C)C. The zero-order valence-corrected chi connectivity index (χ0v) is 7.70. The largest absolute Gasteiger partial charge is 0.208 e.